The molecule has 0 unspecified atom stereocenters. The number of benzene rings is 8. The van der Waals surface area contributed by atoms with E-state index in [2.05, 4.69) is 190 Å². The van der Waals surface area contributed by atoms with E-state index in [0.717, 1.165) is 55.3 Å². The molecule has 0 atom stereocenters. The number of fused-ring (bicyclic) bond motifs is 17. The molecule has 0 aliphatic carbocycles. The Morgan fingerprint density at radius 3 is 1.97 bits per heavy atom. The van der Waals surface area contributed by atoms with Gasteiger partial charge in [-0.15, -0.1) is 11.3 Å². The van der Waals surface area contributed by atoms with Crippen LogP contribution in [0.25, 0.3) is 103 Å². The number of hydrogen-bond acceptors (Lipinski definition) is 4. The van der Waals surface area contributed by atoms with E-state index >= 15 is 0 Å². The lowest BCUT2D eigenvalue weighted by Crippen LogP contribution is -2.60. The van der Waals surface area contributed by atoms with Gasteiger partial charge in [0.15, 0.2) is 0 Å². The highest BCUT2D eigenvalue weighted by Gasteiger charge is 2.45. The van der Waals surface area contributed by atoms with Crippen molar-refractivity contribution < 1.29 is 8.83 Å². The molecule has 4 aromatic heterocycles. The summed E-state index contributed by atoms with van der Waals surface area (Å²) in [7, 11) is 0. The molecule has 0 saturated heterocycles. The second-order valence-electron chi connectivity index (χ2n) is 19.7. The lowest BCUT2D eigenvalue weighted by molar-refractivity contribution is 0.587. The average Bonchev–Trinajstić information content (AvgIpc) is 4.01. The van der Waals surface area contributed by atoms with Crippen molar-refractivity contribution >= 4 is 126 Å². The lowest BCUT2D eigenvalue weighted by Gasteiger charge is -2.42. The van der Waals surface area contributed by atoms with Gasteiger partial charge in [-0.3, -0.25) is 0 Å². The summed E-state index contributed by atoms with van der Waals surface area (Å²) in [6.45, 7) is 13.5. The first kappa shape index (κ1) is 34.9. The fourth-order valence-corrected chi connectivity index (χ4v) is 12.1. The molecular formula is C56H41BN2O2S. The number of anilines is 2. The van der Waals surface area contributed by atoms with Crippen LogP contribution in [0.5, 0.6) is 0 Å². The van der Waals surface area contributed by atoms with Crippen LogP contribution in [0.1, 0.15) is 52.7 Å². The lowest BCUT2D eigenvalue weighted by atomic mass is 9.44. The Bertz CT molecular complexity index is 3960. The van der Waals surface area contributed by atoms with E-state index in [4.69, 9.17) is 8.83 Å². The molecule has 0 saturated carbocycles. The van der Waals surface area contributed by atoms with Crippen molar-refractivity contribution in [1.29, 1.82) is 0 Å². The molecule has 14 rings (SSSR count). The highest BCUT2D eigenvalue weighted by molar-refractivity contribution is 7.25. The fraction of sp³-hybridized carbons (Fsp3) is 0.143. The predicted octanol–water partition coefficient (Wildman–Crippen LogP) is 14.8. The summed E-state index contributed by atoms with van der Waals surface area (Å²) in [5, 5.41) is 9.73. The molecular weight excluding hydrogens is 776 g/mol. The quantitative estimate of drug-likeness (QED) is 0.155. The van der Waals surface area contributed by atoms with E-state index in [0.29, 0.717) is 0 Å². The second-order valence-corrected chi connectivity index (χ2v) is 20.8. The Balaban J connectivity index is 1.15. The van der Waals surface area contributed by atoms with Gasteiger partial charge in [-0.05, 0) is 99.1 Å². The van der Waals surface area contributed by atoms with Crippen LogP contribution in [0.15, 0.2) is 148 Å². The van der Waals surface area contributed by atoms with Crippen LogP contribution in [0.4, 0.5) is 11.4 Å². The predicted molar refractivity (Wildman–Crippen MR) is 265 cm³/mol. The summed E-state index contributed by atoms with van der Waals surface area (Å²) in [4.78, 5) is 2.59. The fourth-order valence-electron chi connectivity index (χ4n) is 11.0. The minimum Gasteiger partial charge on any atom is -0.456 e. The highest BCUT2D eigenvalue weighted by atomic mass is 32.1. The molecule has 0 bridgehead atoms. The second kappa shape index (κ2) is 11.6. The zero-order valence-corrected chi connectivity index (χ0v) is 36.3. The minimum atomic E-state index is -0.151. The molecule has 8 aromatic carbocycles. The molecule has 0 N–H and O–H groups in total. The first-order chi connectivity index (χ1) is 30.0. The van der Waals surface area contributed by atoms with Crippen LogP contribution >= 0.6 is 11.3 Å². The zero-order valence-electron chi connectivity index (χ0n) is 35.5. The molecule has 2 aliphatic heterocycles. The molecule has 0 spiro atoms. The number of hydrogen-bond donors (Lipinski definition) is 0. The van der Waals surface area contributed by atoms with E-state index in [9.17, 15) is 0 Å². The number of furan rings is 2. The van der Waals surface area contributed by atoms with Crippen LogP contribution in [0.3, 0.4) is 0 Å². The maximum Gasteiger partial charge on any atom is 0.333 e. The Morgan fingerprint density at radius 2 is 1.15 bits per heavy atom. The monoisotopic (exact) mass is 816 g/mol. The minimum absolute atomic E-state index is 0.00846. The van der Waals surface area contributed by atoms with E-state index in [1.807, 2.05) is 11.3 Å². The summed E-state index contributed by atoms with van der Waals surface area (Å²) >= 11 is 1.89. The normalized spacial score (nSPS) is 13.9. The summed E-state index contributed by atoms with van der Waals surface area (Å²) in [5.74, 6) is 0. The van der Waals surface area contributed by atoms with E-state index < -0.39 is 0 Å². The Morgan fingerprint density at radius 1 is 0.468 bits per heavy atom. The van der Waals surface area contributed by atoms with Crippen molar-refractivity contribution in [3.8, 4) is 16.8 Å². The van der Waals surface area contributed by atoms with Gasteiger partial charge in [0.2, 0.25) is 0 Å². The maximum atomic E-state index is 6.86. The van der Waals surface area contributed by atoms with Crippen LogP contribution in [-0.4, -0.2) is 11.4 Å². The van der Waals surface area contributed by atoms with Crippen LogP contribution in [-0.2, 0) is 10.8 Å². The van der Waals surface area contributed by atoms with E-state index in [1.165, 1.54) is 80.8 Å². The number of aromatic nitrogens is 1. The summed E-state index contributed by atoms with van der Waals surface area (Å²) in [5.41, 5.74) is 17.2. The van der Waals surface area contributed by atoms with Crippen molar-refractivity contribution in [2.24, 2.45) is 0 Å². The van der Waals surface area contributed by atoms with Gasteiger partial charge in [-0.2, -0.15) is 0 Å². The molecule has 4 nitrogen and oxygen atoms in total. The van der Waals surface area contributed by atoms with Crippen molar-refractivity contribution in [3.63, 3.8) is 0 Å². The maximum absolute atomic E-state index is 6.86. The molecule has 296 valence electrons. The highest BCUT2D eigenvalue weighted by Crippen LogP contribution is 2.49. The number of rotatable bonds is 1. The average molecular weight is 817 g/mol. The number of para-hydroxylation sites is 1. The smallest absolute Gasteiger partial charge is 0.333 e. The molecule has 6 heteroatoms. The van der Waals surface area contributed by atoms with Crippen molar-refractivity contribution in [3.05, 3.63) is 151 Å². The first-order valence-corrected chi connectivity index (χ1v) is 22.6. The third-order valence-electron chi connectivity index (χ3n) is 14.1. The van der Waals surface area contributed by atoms with Crippen LogP contribution in [0, 0.1) is 0 Å². The van der Waals surface area contributed by atoms with Gasteiger partial charge in [-0.1, -0.05) is 114 Å². The third kappa shape index (κ3) is 4.52. The topological polar surface area (TPSA) is 34.5 Å². The number of nitrogens with zero attached hydrogens (tertiary/aromatic N) is 2. The van der Waals surface area contributed by atoms with E-state index in [1.54, 1.807) is 0 Å². The zero-order chi connectivity index (χ0) is 41.6. The third-order valence-corrected chi connectivity index (χ3v) is 15.2. The summed E-state index contributed by atoms with van der Waals surface area (Å²) < 4.78 is 18.8. The molecule has 0 amide bonds. The van der Waals surface area contributed by atoms with Crippen molar-refractivity contribution in [1.82, 2.24) is 4.57 Å². The van der Waals surface area contributed by atoms with Gasteiger partial charge in [-0.25, -0.2) is 0 Å². The van der Waals surface area contributed by atoms with Crippen LogP contribution < -0.4 is 15.7 Å². The molecule has 0 fully saturated rings. The van der Waals surface area contributed by atoms with Crippen molar-refractivity contribution in [2.75, 3.05) is 4.81 Å². The first-order valence-electron chi connectivity index (χ1n) is 21.8. The standard InChI is InChI=1S/C56H41BN2O2S/c1-55(2,3)30-15-18-32(19-16-30)59-45-29-50-40(34-20-17-31(56(4,5)6)23-48(34)61-50)24-38(45)36-21-22-37-39-27-52-42(35-12-8-10-14-51(35)62-52)26-44(39)58-46-25-41-33-11-7-9-13-47(33)60-49(41)28-43(46)57(59)53(36)54(37)58/h7-29H,1-6H3. The summed E-state index contributed by atoms with van der Waals surface area (Å²) in [6.07, 6.45) is 0. The SMILES string of the molecule is CC(C)(C)c1ccc(N2B3c4cc5oc6ccccc6c5cc4-n4c5cc6c(cc5c5ccc(c3c54)-c3cc4c(cc32)oc2cc(C(C)(C)C)ccc24)sc2ccccc26)cc1. The molecule has 12 aromatic rings. The van der Waals surface area contributed by atoms with Gasteiger partial charge in [0.05, 0.1) is 11.0 Å². The Kier molecular flexibility index (Phi) is 6.52. The van der Waals surface area contributed by atoms with Gasteiger partial charge in [0, 0.05) is 81.2 Å². The number of thiophene rings is 1. The Labute approximate surface area is 362 Å². The van der Waals surface area contributed by atoms with Crippen molar-refractivity contribution in [2.45, 2.75) is 52.4 Å². The van der Waals surface area contributed by atoms with E-state index in [-0.39, 0.29) is 17.7 Å². The Hall–Kier alpha value is -6.76. The van der Waals surface area contributed by atoms with Gasteiger partial charge < -0.3 is 18.2 Å². The molecule has 2 aliphatic rings. The van der Waals surface area contributed by atoms with Crippen LogP contribution in [0.2, 0.25) is 0 Å². The largest absolute Gasteiger partial charge is 0.456 e. The van der Waals surface area contributed by atoms with Gasteiger partial charge in [0.25, 0.3) is 0 Å². The summed E-state index contributed by atoms with van der Waals surface area (Å²) in [6, 6.07) is 52.6. The molecule has 62 heavy (non-hydrogen) atoms. The van der Waals surface area contributed by atoms with Gasteiger partial charge >= 0.3 is 6.85 Å². The van der Waals surface area contributed by atoms with Gasteiger partial charge in [0.1, 0.15) is 22.3 Å². The molecule has 6 heterocycles. The molecule has 0 radical (unpaired) electrons.